The van der Waals surface area contributed by atoms with E-state index in [1.54, 1.807) is 24.3 Å². The summed E-state index contributed by atoms with van der Waals surface area (Å²) in [4.78, 5) is 38.9. The van der Waals surface area contributed by atoms with Gasteiger partial charge in [0.25, 0.3) is 11.5 Å². The number of benzene rings is 2. The molecule has 4 rings (SSSR count). The molecule has 8 heteroatoms. The Hall–Kier alpha value is -3.68. The molecule has 1 saturated carbocycles. The molecular formula is C22H22N4O4. The Morgan fingerprint density at radius 3 is 2.63 bits per heavy atom. The van der Waals surface area contributed by atoms with Gasteiger partial charge in [-0.3, -0.25) is 14.2 Å². The van der Waals surface area contributed by atoms with E-state index in [2.05, 4.69) is 10.4 Å². The molecule has 8 nitrogen and oxygen atoms in total. The number of carbonyl (C=O) groups excluding carboxylic acids is 1. The van der Waals surface area contributed by atoms with Crippen LogP contribution in [0.2, 0.25) is 0 Å². The van der Waals surface area contributed by atoms with Crippen LogP contribution in [-0.4, -0.2) is 33.4 Å². The third-order valence-electron chi connectivity index (χ3n) is 4.91. The summed E-state index contributed by atoms with van der Waals surface area (Å²) in [5, 5.41) is 6.90. The third-order valence-corrected chi connectivity index (χ3v) is 4.91. The highest BCUT2D eigenvalue weighted by Gasteiger charge is 2.27. The van der Waals surface area contributed by atoms with Crippen LogP contribution in [0.1, 0.15) is 34.5 Å². The zero-order valence-corrected chi connectivity index (χ0v) is 16.8. The molecule has 0 spiro atoms. The summed E-state index contributed by atoms with van der Waals surface area (Å²) in [5.74, 6) is -0.0428. The number of amides is 1. The number of nitrogens with one attached hydrogen (secondary N) is 1. The number of hydrogen-bond donors (Lipinski definition) is 1. The van der Waals surface area contributed by atoms with Crippen LogP contribution >= 0.6 is 0 Å². The first kappa shape index (κ1) is 19.6. The maximum absolute atomic E-state index is 13.2. The molecule has 3 aromatic rings. The Bertz CT molecular complexity index is 1220. The highest BCUT2D eigenvalue weighted by Crippen LogP contribution is 2.19. The van der Waals surface area contributed by atoms with Crippen molar-refractivity contribution in [3.63, 3.8) is 0 Å². The number of carbonyl (C=O) groups is 1. The largest absolute Gasteiger partial charge is 0.497 e. The fraction of sp³-hybridized carbons (Fsp3) is 0.273. The average molecular weight is 406 g/mol. The first-order valence-electron chi connectivity index (χ1n) is 9.71. The van der Waals surface area contributed by atoms with Gasteiger partial charge >= 0.3 is 5.69 Å². The lowest BCUT2D eigenvalue weighted by atomic mass is 10.1. The van der Waals surface area contributed by atoms with Crippen molar-refractivity contribution in [1.29, 1.82) is 0 Å². The summed E-state index contributed by atoms with van der Waals surface area (Å²) in [5.41, 5.74) is 0.548. The Morgan fingerprint density at radius 1 is 1.17 bits per heavy atom. The van der Waals surface area contributed by atoms with Gasteiger partial charge in [-0.2, -0.15) is 9.78 Å². The van der Waals surface area contributed by atoms with Gasteiger partial charge in [-0.15, -0.1) is 0 Å². The minimum atomic E-state index is -0.709. The quantitative estimate of drug-likeness (QED) is 0.672. The Balaban J connectivity index is 1.87. The van der Waals surface area contributed by atoms with Crippen molar-refractivity contribution in [3.8, 4) is 11.4 Å². The van der Waals surface area contributed by atoms with Crippen molar-refractivity contribution in [1.82, 2.24) is 19.7 Å². The van der Waals surface area contributed by atoms with E-state index in [9.17, 15) is 14.4 Å². The van der Waals surface area contributed by atoms with Gasteiger partial charge in [-0.25, -0.2) is 4.79 Å². The highest BCUT2D eigenvalue weighted by molar-refractivity contribution is 5.92. The van der Waals surface area contributed by atoms with E-state index in [1.807, 2.05) is 31.2 Å². The lowest BCUT2D eigenvalue weighted by Gasteiger charge is -2.13. The molecule has 0 atom stereocenters. The van der Waals surface area contributed by atoms with Gasteiger partial charge in [-0.05, 0) is 37.5 Å². The van der Waals surface area contributed by atoms with E-state index in [-0.39, 0.29) is 18.3 Å². The summed E-state index contributed by atoms with van der Waals surface area (Å²) in [7, 11) is 1.52. The Kier molecular flexibility index (Phi) is 5.22. The first-order valence-corrected chi connectivity index (χ1v) is 9.71. The van der Waals surface area contributed by atoms with Gasteiger partial charge in [0.15, 0.2) is 0 Å². The second-order valence-corrected chi connectivity index (χ2v) is 7.37. The minimum absolute atomic E-state index is 0.0372. The van der Waals surface area contributed by atoms with Crippen LogP contribution in [0.15, 0.2) is 58.1 Å². The summed E-state index contributed by atoms with van der Waals surface area (Å²) in [6.07, 6.45) is 1.75. The molecule has 2 aromatic carbocycles. The zero-order chi connectivity index (χ0) is 21.3. The van der Waals surface area contributed by atoms with Crippen LogP contribution in [0.5, 0.6) is 5.75 Å². The number of rotatable bonds is 6. The van der Waals surface area contributed by atoms with Crippen molar-refractivity contribution >= 4 is 5.91 Å². The predicted octanol–water partition coefficient (Wildman–Crippen LogP) is 1.65. The van der Waals surface area contributed by atoms with Gasteiger partial charge in [-0.1, -0.05) is 35.9 Å². The third kappa shape index (κ3) is 4.03. The summed E-state index contributed by atoms with van der Waals surface area (Å²) in [6, 6.07) is 14.3. The fourth-order valence-electron chi connectivity index (χ4n) is 3.18. The molecular weight excluding hydrogens is 384 g/mol. The van der Waals surface area contributed by atoms with Crippen LogP contribution in [-0.2, 0) is 6.54 Å². The fourth-order valence-corrected chi connectivity index (χ4v) is 3.18. The van der Waals surface area contributed by atoms with E-state index >= 15 is 0 Å². The van der Waals surface area contributed by atoms with Crippen molar-refractivity contribution < 1.29 is 9.53 Å². The van der Waals surface area contributed by atoms with Crippen molar-refractivity contribution in [2.45, 2.75) is 32.4 Å². The standard InChI is InChI=1S/C22H22N4O4/c1-14-5-3-6-15(11-14)13-25-21(28)19(20(27)23-16-9-10-16)24-26(22(25)29)17-7-4-8-18(12-17)30-2/h3-8,11-12,16H,9-10,13H2,1-2H3,(H,23,27). The van der Waals surface area contributed by atoms with Crippen LogP contribution in [0, 0.1) is 6.92 Å². The number of aromatic nitrogens is 3. The van der Waals surface area contributed by atoms with Crippen LogP contribution in [0.4, 0.5) is 0 Å². The van der Waals surface area contributed by atoms with Crippen molar-refractivity contribution in [3.05, 3.63) is 86.2 Å². The van der Waals surface area contributed by atoms with Gasteiger partial charge in [0.1, 0.15) is 5.75 Å². The number of aryl methyl sites for hydroxylation is 1. The van der Waals surface area contributed by atoms with E-state index < -0.39 is 17.2 Å². The van der Waals surface area contributed by atoms with E-state index in [4.69, 9.17) is 4.74 Å². The maximum atomic E-state index is 13.2. The second-order valence-electron chi connectivity index (χ2n) is 7.37. The summed E-state index contributed by atoms with van der Waals surface area (Å²) >= 11 is 0. The van der Waals surface area contributed by atoms with Gasteiger partial charge in [0.2, 0.25) is 5.69 Å². The lowest BCUT2D eigenvalue weighted by molar-refractivity contribution is 0.0941. The van der Waals surface area contributed by atoms with E-state index in [0.29, 0.717) is 11.4 Å². The molecule has 1 aliphatic carbocycles. The molecule has 1 N–H and O–H groups in total. The molecule has 1 aliphatic rings. The Labute approximate surface area is 172 Å². The zero-order valence-electron chi connectivity index (χ0n) is 16.8. The highest BCUT2D eigenvalue weighted by atomic mass is 16.5. The summed E-state index contributed by atoms with van der Waals surface area (Å²) < 4.78 is 7.34. The minimum Gasteiger partial charge on any atom is -0.497 e. The Morgan fingerprint density at radius 2 is 1.93 bits per heavy atom. The predicted molar refractivity (Wildman–Crippen MR) is 111 cm³/mol. The van der Waals surface area contributed by atoms with Crippen LogP contribution < -0.4 is 21.3 Å². The van der Waals surface area contributed by atoms with Gasteiger partial charge < -0.3 is 10.1 Å². The SMILES string of the molecule is COc1cccc(-n2nc(C(=O)NC3CC3)c(=O)n(Cc3cccc(C)c3)c2=O)c1. The van der Waals surface area contributed by atoms with Crippen molar-refractivity contribution in [2.75, 3.05) is 7.11 Å². The van der Waals surface area contributed by atoms with Crippen LogP contribution in [0.3, 0.4) is 0 Å². The number of nitrogens with zero attached hydrogens (tertiary/aromatic N) is 3. The molecule has 154 valence electrons. The number of ether oxygens (including phenoxy) is 1. The molecule has 1 heterocycles. The summed E-state index contributed by atoms with van der Waals surface area (Å²) in [6.45, 7) is 1.97. The topological polar surface area (TPSA) is 95.2 Å². The van der Waals surface area contributed by atoms with Crippen LogP contribution in [0.25, 0.3) is 5.69 Å². The molecule has 1 amide bonds. The van der Waals surface area contributed by atoms with E-state index in [1.165, 1.54) is 7.11 Å². The molecule has 0 radical (unpaired) electrons. The second kappa shape index (κ2) is 7.98. The monoisotopic (exact) mass is 406 g/mol. The number of hydrogen-bond acceptors (Lipinski definition) is 5. The molecule has 30 heavy (non-hydrogen) atoms. The smallest absolute Gasteiger partial charge is 0.352 e. The number of methoxy groups -OCH3 is 1. The average Bonchev–Trinajstić information content (AvgIpc) is 3.55. The van der Waals surface area contributed by atoms with Gasteiger partial charge in [0.05, 0.1) is 19.3 Å². The molecule has 1 fully saturated rings. The molecule has 0 bridgehead atoms. The van der Waals surface area contributed by atoms with E-state index in [0.717, 1.165) is 33.2 Å². The molecule has 0 saturated heterocycles. The first-order chi connectivity index (χ1) is 14.5. The molecule has 1 aromatic heterocycles. The maximum Gasteiger partial charge on any atom is 0.352 e. The van der Waals surface area contributed by atoms with Crippen molar-refractivity contribution in [2.24, 2.45) is 0 Å². The molecule has 0 aliphatic heterocycles. The van der Waals surface area contributed by atoms with Gasteiger partial charge in [0, 0.05) is 12.1 Å². The lowest BCUT2D eigenvalue weighted by Crippen LogP contribution is -2.46. The molecule has 0 unspecified atom stereocenters. The normalized spacial score (nSPS) is 13.1.